The van der Waals surface area contributed by atoms with Gasteiger partial charge in [-0.05, 0) is 12.0 Å². The number of H-pyrrole nitrogens is 1. The molecular formula is C20H21ClN2O. The Morgan fingerprint density at radius 2 is 1.83 bits per heavy atom. The second-order valence-electron chi connectivity index (χ2n) is 5.74. The Bertz CT molecular complexity index is 840. The van der Waals surface area contributed by atoms with E-state index in [4.69, 9.17) is 11.6 Å². The van der Waals surface area contributed by atoms with E-state index in [1.165, 1.54) is 0 Å². The number of aromatic hydroxyl groups is 1. The summed E-state index contributed by atoms with van der Waals surface area (Å²) in [5, 5.41) is 14.7. The highest BCUT2D eigenvalue weighted by Crippen LogP contribution is 2.46. The van der Waals surface area contributed by atoms with Crippen molar-refractivity contribution in [1.82, 2.24) is 4.98 Å². The van der Waals surface area contributed by atoms with Crippen LogP contribution in [0.1, 0.15) is 18.9 Å². The van der Waals surface area contributed by atoms with Crippen molar-refractivity contribution in [2.45, 2.75) is 19.8 Å². The van der Waals surface area contributed by atoms with Crippen LogP contribution in [0.5, 0.6) is 5.75 Å². The lowest BCUT2D eigenvalue weighted by atomic mass is 10.0. The van der Waals surface area contributed by atoms with Gasteiger partial charge in [0.1, 0.15) is 5.82 Å². The lowest BCUT2D eigenvalue weighted by Gasteiger charge is -2.10. The first-order valence-corrected chi connectivity index (χ1v) is 8.51. The van der Waals surface area contributed by atoms with Crippen molar-refractivity contribution in [3.8, 4) is 28.1 Å². The third-order valence-corrected chi connectivity index (χ3v) is 4.60. The van der Waals surface area contributed by atoms with E-state index < -0.39 is 0 Å². The maximum atomic E-state index is 10.9. The molecule has 3 aromatic rings. The minimum absolute atomic E-state index is 0.209. The highest BCUT2D eigenvalue weighted by atomic mass is 35.5. The SMILES string of the molecule is CCCc1cccc(-c2c(NC)[nH]c(-c3ccccc3)c2O)c1Cl. The number of aryl methyl sites for hydroxylation is 1. The standard InChI is InChI=1S/C20H21ClN2O/c1-3-8-13-11-7-12-15(17(13)21)16-19(24)18(23-20(16)22-2)14-9-5-4-6-10-14/h4-7,9-12,22-24H,3,8H2,1-2H3. The molecule has 0 spiro atoms. The number of anilines is 1. The highest BCUT2D eigenvalue weighted by Gasteiger charge is 2.21. The van der Waals surface area contributed by atoms with Gasteiger partial charge in [-0.15, -0.1) is 0 Å². The largest absolute Gasteiger partial charge is 0.505 e. The zero-order valence-corrected chi connectivity index (χ0v) is 14.6. The topological polar surface area (TPSA) is 48.0 Å². The second-order valence-corrected chi connectivity index (χ2v) is 6.12. The molecule has 0 fully saturated rings. The second kappa shape index (κ2) is 7.02. The molecule has 2 aromatic carbocycles. The number of benzene rings is 2. The van der Waals surface area contributed by atoms with Crippen molar-refractivity contribution in [2.24, 2.45) is 0 Å². The molecule has 0 aliphatic heterocycles. The summed E-state index contributed by atoms with van der Waals surface area (Å²) in [5.74, 6) is 0.961. The third kappa shape index (κ3) is 2.87. The summed E-state index contributed by atoms with van der Waals surface area (Å²) in [6, 6.07) is 15.7. The van der Waals surface area contributed by atoms with E-state index in [9.17, 15) is 5.11 Å². The van der Waals surface area contributed by atoms with Crippen molar-refractivity contribution in [2.75, 3.05) is 12.4 Å². The van der Waals surface area contributed by atoms with E-state index in [-0.39, 0.29) is 5.75 Å². The van der Waals surface area contributed by atoms with Crippen LogP contribution in [0.15, 0.2) is 48.5 Å². The molecule has 0 saturated heterocycles. The fraction of sp³-hybridized carbons (Fsp3) is 0.200. The molecule has 0 atom stereocenters. The Morgan fingerprint density at radius 3 is 2.50 bits per heavy atom. The third-order valence-electron chi connectivity index (χ3n) is 4.15. The van der Waals surface area contributed by atoms with Gasteiger partial charge in [0.15, 0.2) is 5.75 Å². The molecule has 0 aliphatic rings. The monoisotopic (exact) mass is 340 g/mol. The minimum atomic E-state index is 0.209. The van der Waals surface area contributed by atoms with Crippen LogP contribution in [0.4, 0.5) is 5.82 Å². The van der Waals surface area contributed by atoms with Gasteiger partial charge in [-0.1, -0.05) is 73.5 Å². The van der Waals surface area contributed by atoms with Crippen LogP contribution in [0.3, 0.4) is 0 Å². The van der Waals surface area contributed by atoms with Crippen molar-refractivity contribution in [3.63, 3.8) is 0 Å². The van der Waals surface area contributed by atoms with Crippen LogP contribution in [0, 0.1) is 0 Å². The Morgan fingerprint density at radius 1 is 1.08 bits per heavy atom. The summed E-state index contributed by atoms with van der Waals surface area (Å²) < 4.78 is 0. The van der Waals surface area contributed by atoms with Crippen LogP contribution in [-0.2, 0) is 6.42 Å². The zero-order valence-electron chi connectivity index (χ0n) is 13.9. The number of aromatic amines is 1. The van der Waals surface area contributed by atoms with E-state index in [0.717, 1.165) is 35.3 Å². The normalized spacial score (nSPS) is 10.8. The maximum Gasteiger partial charge on any atom is 0.151 e. The number of halogens is 1. The first kappa shape index (κ1) is 16.5. The molecule has 0 bridgehead atoms. The van der Waals surface area contributed by atoms with Gasteiger partial charge in [-0.3, -0.25) is 0 Å². The Hall–Kier alpha value is -2.39. The summed E-state index contributed by atoms with van der Waals surface area (Å²) in [4.78, 5) is 3.27. The van der Waals surface area contributed by atoms with Crippen molar-refractivity contribution >= 4 is 17.4 Å². The number of nitrogens with one attached hydrogen (secondary N) is 2. The zero-order chi connectivity index (χ0) is 17.1. The summed E-state index contributed by atoms with van der Waals surface area (Å²) in [7, 11) is 1.83. The number of hydrogen-bond donors (Lipinski definition) is 3. The fourth-order valence-corrected chi connectivity index (χ4v) is 3.30. The van der Waals surface area contributed by atoms with Crippen molar-refractivity contribution in [3.05, 3.63) is 59.1 Å². The molecule has 124 valence electrons. The Balaban J connectivity index is 2.19. The first-order chi connectivity index (χ1) is 11.7. The number of rotatable bonds is 5. The average molecular weight is 341 g/mol. The molecule has 0 unspecified atom stereocenters. The molecule has 3 rings (SSSR count). The van der Waals surface area contributed by atoms with Gasteiger partial charge in [0, 0.05) is 18.2 Å². The summed E-state index contributed by atoms with van der Waals surface area (Å²) in [6.07, 6.45) is 1.94. The van der Waals surface area contributed by atoms with Crippen molar-refractivity contribution < 1.29 is 5.11 Å². The number of hydrogen-bond acceptors (Lipinski definition) is 2. The van der Waals surface area contributed by atoms with E-state index in [0.29, 0.717) is 16.3 Å². The molecule has 3 N–H and O–H groups in total. The minimum Gasteiger partial charge on any atom is -0.505 e. The highest BCUT2D eigenvalue weighted by molar-refractivity contribution is 6.34. The molecular weight excluding hydrogens is 320 g/mol. The van der Waals surface area contributed by atoms with Gasteiger partial charge in [0.2, 0.25) is 0 Å². The van der Waals surface area contributed by atoms with Gasteiger partial charge in [0.05, 0.1) is 16.3 Å². The van der Waals surface area contributed by atoms with Crippen molar-refractivity contribution in [1.29, 1.82) is 0 Å². The smallest absolute Gasteiger partial charge is 0.151 e. The molecule has 1 aromatic heterocycles. The van der Waals surface area contributed by atoms with Crippen LogP contribution in [0.2, 0.25) is 5.02 Å². The first-order valence-electron chi connectivity index (χ1n) is 8.13. The lowest BCUT2D eigenvalue weighted by molar-refractivity contribution is 0.480. The van der Waals surface area contributed by atoms with Gasteiger partial charge >= 0.3 is 0 Å². The molecule has 4 heteroatoms. The summed E-state index contributed by atoms with van der Waals surface area (Å²) >= 11 is 6.63. The quantitative estimate of drug-likeness (QED) is 0.557. The number of aromatic nitrogens is 1. The predicted molar refractivity (Wildman–Crippen MR) is 102 cm³/mol. The molecule has 3 nitrogen and oxygen atoms in total. The van der Waals surface area contributed by atoms with Gasteiger partial charge in [-0.25, -0.2) is 0 Å². The van der Waals surface area contributed by atoms with Crippen LogP contribution >= 0.6 is 11.6 Å². The van der Waals surface area contributed by atoms with Gasteiger partial charge < -0.3 is 15.4 Å². The average Bonchev–Trinajstić information content (AvgIpc) is 2.94. The molecule has 0 aliphatic carbocycles. The Labute approximate surface area is 147 Å². The Kier molecular flexibility index (Phi) is 4.81. The van der Waals surface area contributed by atoms with Crippen LogP contribution in [0.25, 0.3) is 22.4 Å². The summed E-state index contributed by atoms with van der Waals surface area (Å²) in [5.41, 5.74) is 4.26. The fourth-order valence-electron chi connectivity index (χ4n) is 2.99. The molecule has 1 heterocycles. The maximum absolute atomic E-state index is 10.9. The van der Waals surface area contributed by atoms with E-state index in [2.05, 4.69) is 17.2 Å². The van der Waals surface area contributed by atoms with Gasteiger partial charge in [0.25, 0.3) is 0 Å². The summed E-state index contributed by atoms with van der Waals surface area (Å²) in [6.45, 7) is 2.13. The predicted octanol–water partition coefficient (Wildman–Crippen LogP) is 5.70. The van der Waals surface area contributed by atoms with E-state index in [1.807, 2.05) is 55.6 Å². The van der Waals surface area contributed by atoms with Gasteiger partial charge in [-0.2, -0.15) is 0 Å². The molecule has 0 saturated carbocycles. The molecule has 24 heavy (non-hydrogen) atoms. The van der Waals surface area contributed by atoms with Crippen LogP contribution < -0.4 is 5.32 Å². The molecule has 0 radical (unpaired) electrons. The van der Waals surface area contributed by atoms with Crippen LogP contribution in [-0.4, -0.2) is 17.1 Å². The van der Waals surface area contributed by atoms with E-state index in [1.54, 1.807) is 0 Å². The van der Waals surface area contributed by atoms with E-state index >= 15 is 0 Å². The lowest BCUT2D eigenvalue weighted by Crippen LogP contribution is -1.93. The molecule has 0 amide bonds.